The number of aliphatic hydroxyl groups is 1. The summed E-state index contributed by atoms with van der Waals surface area (Å²) in [4.78, 5) is 12.2. The van der Waals surface area contributed by atoms with Gasteiger partial charge < -0.3 is 10.0 Å². The molecule has 4 nitrogen and oxygen atoms in total. The van der Waals surface area contributed by atoms with Crippen LogP contribution in [0.15, 0.2) is 36.0 Å². The molecular weight excluding hydrogens is 282 g/mol. The van der Waals surface area contributed by atoms with Gasteiger partial charge in [0, 0.05) is 29.1 Å². The van der Waals surface area contributed by atoms with Crippen molar-refractivity contribution in [3.05, 3.63) is 52.1 Å². The van der Waals surface area contributed by atoms with Crippen LogP contribution in [0.5, 0.6) is 0 Å². The molecule has 3 rings (SSSR count). The van der Waals surface area contributed by atoms with Gasteiger partial charge in [0.1, 0.15) is 5.82 Å². The highest BCUT2D eigenvalue weighted by Crippen LogP contribution is 2.28. The number of benzene rings is 1. The smallest absolute Gasteiger partial charge is 0.136 e. The fraction of sp³-hybridized carbons (Fsp3) is 0.250. The van der Waals surface area contributed by atoms with E-state index >= 15 is 0 Å². The third-order valence-electron chi connectivity index (χ3n) is 3.61. The van der Waals surface area contributed by atoms with Crippen molar-refractivity contribution in [3.63, 3.8) is 0 Å². The Kier molecular flexibility index (Phi) is 3.86. The maximum atomic E-state index is 9.45. The van der Waals surface area contributed by atoms with Crippen molar-refractivity contribution in [1.29, 1.82) is 0 Å². The topological polar surface area (TPSA) is 49.2 Å². The summed E-state index contributed by atoms with van der Waals surface area (Å²) in [6.07, 6.45) is 1.76. The Labute approximate surface area is 127 Å². The Hall–Kier alpha value is -1.98. The Morgan fingerprint density at radius 2 is 1.95 bits per heavy atom. The first kappa shape index (κ1) is 14.0. The van der Waals surface area contributed by atoms with Crippen molar-refractivity contribution in [2.24, 2.45) is 0 Å². The van der Waals surface area contributed by atoms with E-state index < -0.39 is 0 Å². The van der Waals surface area contributed by atoms with Gasteiger partial charge in [-0.05, 0) is 12.3 Å². The molecule has 0 aliphatic rings. The Morgan fingerprint density at radius 1 is 1.19 bits per heavy atom. The number of fused-ring (bicyclic) bond motifs is 1. The standard InChI is InChI=1S/C16H17N3OS/c1-11-15(21-10-18-11)8-19(2)16-14-6-4-3-5-13(14)12(9-20)7-17-16/h3-7,10,20H,8-9H2,1-2H3. The SMILES string of the molecule is Cc1ncsc1CN(C)c1ncc(CO)c2ccccc12. The minimum Gasteiger partial charge on any atom is -0.392 e. The van der Waals surface area contributed by atoms with E-state index in [1.807, 2.05) is 43.7 Å². The molecule has 0 radical (unpaired) electrons. The molecule has 0 atom stereocenters. The average molecular weight is 299 g/mol. The number of aryl methyl sites for hydroxylation is 1. The number of nitrogens with zero attached hydrogens (tertiary/aromatic N) is 3. The van der Waals surface area contributed by atoms with Crippen LogP contribution >= 0.6 is 11.3 Å². The van der Waals surface area contributed by atoms with Crippen LogP contribution in [0.4, 0.5) is 5.82 Å². The molecule has 1 aromatic carbocycles. The minimum absolute atomic E-state index is 0.00542. The number of hydrogen-bond acceptors (Lipinski definition) is 5. The molecule has 21 heavy (non-hydrogen) atoms. The van der Waals surface area contributed by atoms with Gasteiger partial charge in [-0.3, -0.25) is 0 Å². The van der Waals surface area contributed by atoms with E-state index in [-0.39, 0.29) is 6.61 Å². The molecule has 0 aliphatic carbocycles. The summed E-state index contributed by atoms with van der Waals surface area (Å²) >= 11 is 1.67. The summed E-state index contributed by atoms with van der Waals surface area (Å²) in [5.41, 5.74) is 3.80. The Bertz CT molecular complexity index is 769. The molecule has 0 spiro atoms. The maximum Gasteiger partial charge on any atom is 0.136 e. The molecule has 5 heteroatoms. The van der Waals surface area contributed by atoms with Gasteiger partial charge >= 0.3 is 0 Å². The highest BCUT2D eigenvalue weighted by molar-refractivity contribution is 7.09. The first-order chi connectivity index (χ1) is 10.2. The highest BCUT2D eigenvalue weighted by atomic mass is 32.1. The Morgan fingerprint density at radius 3 is 2.62 bits per heavy atom. The molecule has 0 unspecified atom stereocenters. The predicted octanol–water partition coefficient (Wildman–Crippen LogP) is 3.13. The number of pyridine rings is 1. The van der Waals surface area contributed by atoms with Gasteiger partial charge in [0.15, 0.2) is 0 Å². The second-order valence-corrected chi connectivity index (χ2v) is 5.97. The van der Waals surface area contributed by atoms with Gasteiger partial charge in [-0.25, -0.2) is 9.97 Å². The highest BCUT2D eigenvalue weighted by Gasteiger charge is 2.12. The second kappa shape index (κ2) is 5.79. The summed E-state index contributed by atoms with van der Waals surface area (Å²) in [6.45, 7) is 2.82. The molecule has 2 heterocycles. The van der Waals surface area contributed by atoms with Gasteiger partial charge in [0.05, 0.1) is 24.4 Å². The maximum absolute atomic E-state index is 9.45. The fourth-order valence-electron chi connectivity index (χ4n) is 2.43. The van der Waals surface area contributed by atoms with Gasteiger partial charge in [0.25, 0.3) is 0 Å². The van der Waals surface area contributed by atoms with Crippen LogP contribution in [0.25, 0.3) is 10.8 Å². The number of hydrogen-bond donors (Lipinski definition) is 1. The summed E-state index contributed by atoms with van der Waals surface area (Å²) < 4.78 is 0. The van der Waals surface area contributed by atoms with Crippen molar-refractivity contribution in [2.75, 3.05) is 11.9 Å². The quantitative estimate of drug-likeness (QED) is 0.804. The van der Waals surface area contributed by atoms with Crippen molar-refractivity contribution < 1.29 is 5.11 Å². The molecule has 0 fully saturated rings. The zero-order valence-electron chi connectivity index (χ0n) is 12.1. The summed E-state index contributed by atoms with van der Waals surface area (Å²) in [6, 6.07) is 8.06. The number of thiazole rings is 1. The van der Waals surface area contributed by atoms with Gasteiger partial charge in [-0.15, -0.1) is 11.3 Å². The second-order valence-electron chi connectivity index (χ2n) is 5.03. The lowest BCUT2D eigenvalue weighted by molar-refractivity contribution is 0.283. The van der Waals surface area contributed by atoms with Crippen LogP contribution in [0, 0.1) is 6.92 Å². The number of aliphatic hydroxyl groups excluding tert-OH is 1. The van der Waals surface area contributed by atoms with E-state index in [1.165, 1.54) is 4.88 Å². The van der Waals surface area contributed by atoms with E-state index in [2.05, 4.69) is 14.9 Å². The van der Waals surface area contributed by atoms with Crippen LogP contribution in [0.1, 0.15) is 16.1 Å². The molecule has 0 amide bonds. The van der Waals surface area contributed by atoms with E-state index in [0.717, 1.165) is 34.4 Å². The minimum atomic E-state index is 0.00542. The first-order valence-corrected chi connectivity index (χ1v) is 7.66. The summed E-state index contributed by atoms with van der Waals surface area (Å²) in [5, 5.41) is 11.6. The van der Waals surface area contributed by atoms with E-state index in [0.29, 0.717) is 0 Å². The van der Waals surface area contributed by atoms with Crippen LogP contribution in [-0.4, -0.2) is 22.1 Å². The van der Waals surface area contributed by atoms with Gasteiger partial charge in [-0.2, -0.15) is 0 Å². The molecular formula is C16H17N3OS. The number of rotatable bonds is 4. The first-order valence-electron chi connectivity index (χ1n) is 6.78. The third kappa shape index (κ3) is 2.62. The predicted molar refractivity (Wildman–Crippen MR) is 86.6 cm³/mol. The lowest BCUT2D eigenvalue weighted by Gasteiger charge is -2.20. The zero-order valence-corrected chi connectivity index (χ0v) is 12.9. The van der Waals surface area contributed by atoms with Crippen LogP contribution < -0.4 is 4.90 Å². The summed E-state index contributed by atoms with van der Waals surface area (Å²) in [7, 11) is 2.03. The lowest BCUT2D eigenvalue weighted by atomic mass is 10.1. The van der Waals surface area contributed by atoms with E-state index in [4.69, 9.17) is 0 Å². The molecule has 0 saturated heterocycles. The lowest BCUT2D eigenvalue weighted by Crippen LogP contribution is -2.18. The average Bonchev–Trinajstić information content (AvgIpc) is 2.91. The van der Waals surface area contributed by atoms with Crippen molar-refractivity contribution in [1.82, 2.24) is 9.97 Å². The van der Waals surface area contributed by atoms with E-state index in [9.17, 15) is 5.11 Å². The molecule has 3 aromatic rings. The molecule has 0 saturated carbocycles. The van der Waals surface area contributed by atoms with Crippen molar-refractivity contribution in [2.45, 2.75) is 20.1 Å². The largest absolute Gasteiger partial charge is 0.392 e. The number of aromatic nitrogens is 2. The molecule has 108 valence electrons. The Balaban J connectivity index is 2.02. The zero-order chi connectivity index (χ0) is 14.8. The van der Waals surface area contributed by atoms with Gasteiger partial charge in [-0.1, -0.05) is 24.3 Å². The van der Waals surface area contributed by atoms with Crippen molar-refractivity contribution in [3.8, 4) is 0 Å². The fourth-order valence-corrected chi connectivity index (χ4v) is 3.26. The molecule has 1 N–H and O–H groups in total. The molecule has 2 aromatic heterocycles. The number of anilines is 1. The van der Waals surface area contributed by atoms with Crippen LogP contribution in [0.3, 0.4) is 0 Å². The monoisotopic (exact) mass is 299 g/mol. The third-order valence-corrected chi connectivity index (χ3v) is 4.53. The van der Waals surface area contributed by atoms with Crippen LogP contribution in [-0.2, 0) is 13.2 Å². The van der Waals surface area contributed by atoms with Crippen molar-refractivity contribution >= 4 is 27.9 Å². The molecule has 0 bridgehead atoms. The molecule has 0 aliphatic heterocycles. The van der Waals surface area contributed by atoms with E-state index in [1.54, 1.807) is 17.5 Å². The normalized spacial score (nSPS) is 11.0. The van der Waals surface area contributed by atoms with Crippen LogP contribution in [0.2, 0.25) is 0 Å². The summed E-state index contributed by atoms with van der Waals surface area (Å²) in [5.74, 6) is 0.926. The van der Waals surface area contributed by atoms with Gasteiger partial charge in [0.2, 0.25) is 0 Å².